The minimum atomic E-state index is -2.01. The highest BCUT2D eigenvalue weighted by molar-refractivity contribution is 9.10. The highest BCUT2D eigenvalue weighted by Crippen LogP contribution is 2.49. The van der Waals surface area contributed by atoms with E-state index in [-0.39, 0.29) is 41.1 Å². The van der Waals surface area contributed by atoms with Crippen LogP contribution in [0.3, 0.4) is 0 Å². The summed E-state index contributed by atoms with van der Waals surface area (Å²) in [5.74, 6) is -3.95. The van der Waals surface area contributed by atoms with Gasteiger partial charge in [0.05, 0.1) is 16.6 Å². The second-order valence-electron chi connectivity index (χ2n) is 18.7. The third-order valence-corrected chi connectivity index (χ3v) is 13.3. The number of likely N-dealkylation sites (N-methyl/N-ethyl adjacent to an activating group) is 1. The van der Waals surface area contributed by atoms with Crippen molar-refractivity contribution < 1.29 is 29.0 Å². The Morgan fingerprint density at radius 1 is 1.10 bits per heavy atom. The molecule has 1 aliphatic carbocycles. The molecule has 3 fully saturated rings. The van der Waals surface area contributed by atoms with E-state index in [1.807, 2.05) is 60.7 Å². The van der Waals surface area contributed by atoms with Crippen LogP contribution in [-0.2, 0) is 25.5 Å². The number of ketones is 1. The van der Waals surface area contributed by atoms with Crippen molar-refractivity contribution in [2.75, 3.05) is 20.1 Å². The summed E-state index contributed by atoms with van der Waals surface area (Å²) in [6.45, 7) is 16.6. The van der Waals surface area contributed by atoms with Crippen LogP contribution in [0, 0.1) is 17.8 Å². The van der Waals surface area contributed by atoms with E-state index in [4.69, 9.17) is 16.3 Å². The molecule has 5 heterocycles. The SMILES string of the molecule is CC(C)C[C@H]1C(=O)N2CCC[C@H]2[C@]2(O)O[C@](NC(=O)[C@@H]3C=C4c5cccc6[nH]c(Br)c(c56)C[C@H]4N(C)C3)(C(C)C)C(=O)N12.CC(NC(C)(C)C)C(=O)c1cccc(Cl)c1. The molecule has 0 saturated carbocycles. The van der Waals surface area contributed by atoms with Gasteiger partial charge in [-0.15, -0.1) is 0 Å². The van der Waals surface area contributed by atoms with Gasteiger partial charge in [-0.05, 0) is 117 Å². The van der Waals surface area contributed by atoms with Crippen molar-refractivity contribution in [1.29, 1.82) is 0 Å². The second-order valence-corrected chi connectivity index (χ2v) is 19.9. The number of piperazine rings is 1. The number of aromatic nitrogens is 1. The molecule has 14 heteroatoms. The molecule has 4 N–H and O–H groups in total. The Balaban J connectivity index is 0.000000279. The van der Waals surface area contributed by atoms with Crippen LogP contribution >= 0.6 is 27.5 Å². The highest BCUT2D eigenvalue weighted by Gasteiger charge is 2.72. The fourth-order valence-corrected chi connectivity index (χ4v) is 10.5. The zero-order valence-electron chi connectivity index (χ0n) is 35.5. The van der Waals surface area contributed by atoms with E-state index in [1.165, 1.54) is 15.8 Å². The highest BCUT2D eigenvalue weighted by atomic mass is 79.9. The number of carbonyl (C=O) groups excluding carboxylic acids is 4. The van der Waals surface area contributed by atoms with E-state index >= 15 is 0 Å². The number of benzene rings is 2. The molecule has 5 aliphatic rings. The molecule has 3 aromatic rings. The van der Waals surface area contributed by atoms with Crippen LogP contribution in [0.25, 0.3) is 16.5 Å². The summed E-state index contributed by atoms with van der Waals surface area (Å²) < 4.78 is 7.43. The van der Waals surface area contributed by atoms with Gasteiger partial charge in [0.25, 0.3) is 11.8 Å². The number of Topliss-reactive ketones (excluding diaryl/α,β-unsaturated/α-hetero) is 1. The van der Waals surface area contributed by atoms with E-state index in [9.17, 15) is 24.3 Å². The summed E-state index contributed by atoms with van der Waals surface area (Å²) in [5, 5.41) is 20.1. The molecule has 3 amide bonds. The van der Waals surface area contributed by atoms with Gasteiger partial charge in [-0.2, -0.15) is 0 Å². The predicted molar refractivity (Wildman–Crippen MR) is 232 cm³/mol. The standard InChI is InChI=1S/C32H40BrN5O5.C13H18ClNO/c1-16(2)12-24-29(40)37-11-7-10-25(37)32(42)38(24)30(41)31(43-32,17(3)4)35-28(39)18-13-20-19-8-6-9-22-26(19)21(27(33)34-22)14-23(20)36(5)15-18;1-9(15-13(2,3)4)12(16)10-6-5-7-11(14)8-10/h6,8-9,13,16-18,23-25,34,42H,7,10-12,14-15H2,1-5H3,(H,35,39);5-9,15H,1-4H3/t18-,23-,24+,25+,31-,32+;/m1./s1. The van der Waals surface area contributed by atoms with Gasteiger partial charge in [0, 0.05) is 52.1 Å². The van der Waals surface area contributed by atoms with E-state index in [1.54, 1.807) is 43.0 Å². The maximum absolute atomic E-state index is 14.4. The average molecular weight is 894 g/mol. The van der Waals surface area contributed by atoms with Crippen LogP contribution in [0.2, 0.25) is 5.02 Å². The van der Waals surface area contributed by atoms with Gasteiger partial charge < -0.3 is 25.6 Å². The van der Waals surface area contributed by atoms with Crippen LogP contribution in [0.1, 0.15) is 96.1 Å². The Morgan fingerprint density at radius 2 is 1.81 bits per heavy atom. The first-order valence-corrected chi connectivity index (χ1v) is 22.0. The van der Waals surface area contributed by atoms with Crippen LogP contribution in [-0.4, -0.2) is 110 Å². The molecule has 12 nitrogen and oxygen atoms in total. The van der Waals surface area contributed by atoms with Crippen molar-refractivity contribution in [2.45, 2.75) is 122 Å². The number of H-pyrrole nitrogens is 1. The molecule has 1 unspecified atom stereocenters. The zero-order valence-corrected chi connectivity index (χ0v) is 37.8. The van der Waals surface area contributed by atoms with Crippen molar-refractivity contribution in [3.63, 3.8) is 0 Å². The zero-order chi connectivity index (χ0) is 42.9. The fraction of sp³-hybridized carbons (Fsp3) is 0.556. The fourth-order valence-electron chi connectivity index (χ4n) is 9.75. The number of ether oxygens (including phenoxy) is 1. The summed E-state index contributed by atoms with van der Waals surface area (Å²) in [4.78, 5) is 62.8. The molecule has 8 rings (SSSR count). The van der Waals surface area contributed by atoms with Crippen molar-refractivity contribution in [3.8, 4) is 0 Å². The summed E-state index contributed by atoms with van der Waals surface area (Å²) in [6.07, 6.45) is 4.49. The minimum absolute atomic E-state index is 0.0671. The number of nitrogens with zero attached hydrogens (tertiary/aromatic N) is 3. The quantitative estimate of drug-likeness (QED) is 0.188. The topological polar surface area (TPSA) is 147 Å². The summed E-state index contributed by atoms with van der Waals surface area (Å²) in [5.41, 5.74) is 3.25. The summed E-state index contributed by atoms with van der Waals surface area (Å²) >= 11 is 9.55. The van der Waals surface area contributed by atoms with Crippen LogP contribution < -0.4 is 10.6 Å². The Kier molecular flexibility index (Phi) is 11.8. The van der Waals surface area contributed by atoms with Gasteiger partial charge >= 0.3 is 0 Å². The van der Waals surface area contributed by atoms with Crippen LogP contribution in [0.4, 0.5) is 0 Å². The van der Waals surface area contributed by atoms with Crippen molar-refractivity contribution >= 4 is 67.5 Å². The molecular weight excluding hydrogens is 836 g/mol. The van der Waals surface area contributed by atoms with E-state index in [0.29, 0.717) is 36.5 Å². The molecule has 0 radical (unpaired) electrons. The van der Waals surface area contributed by atoms with Crippen molar-refractivity contribution in [2.24, 2.45) is 17.8 Å². The monoisotopic (exact) mass is 892 g/mol. The maximum Gasteiger partial charge on any atom is 0.281 e. The van der Waals surface area contributed by atoms with Gasteiger partial charge in [0.15, 0.2) is 5.78 Å². The molecule has 2 aromatic carbocycles. The number of rotatable bonds is 8. The molecular formula is C45H58BrClN6O6. The van der Waals surface area contributed by atoms with Gasteiger partial charge in [-0.1, -0.05) is 69.6 Å². The van der Waals surface area contributed by atoms with Gasteiger partial charge in [-0.25, -0.2) is 0 Å². The van der Waals surface area contributed by atoms with Crippen molar-refractivity contribution in [1.82, 2.24) is 30.3 Å². The third-order valence-electron chi connectivity index (χ3n) is 12.4. The number of hydrogen-bond donors (Lipinski definition) is 4. The van der Waals surface area contributed by atoms with E-state index in [2.05, 4.69) is 48.6 Å². The number of fused-ring (bicyclic) bond motifs is 5. The number of aliphatic hydroxyl groups is 1. The normalized spacial score (nSPS) is 28.3. The Bertz CT molecular complexity index is 2200. The Labute approximate surface area is 360 Å². The summed E-state index contributed by atoms with van der Waals surface area (Å²) in [6, 6.07) is 11.6. The first-order chi connectivity index (χ1) is 27.7. The van der Waals surface area contributed by atoms with Gasteiger partial charge in [-0.3, -0.25) is 33.7 Å². The molecule has 1 aromatic heterocycles. The number of halogens is 2. The van der Waals surface area contributed by atoms with E-state index in [0.717, 1.165) is 34.1 Å². The largest absolute Gasteiger partial charge is 0.349 e. The second kappa shape index (κ2) is 16.0. The van der Waals surface area contributed by atoms with E-state index < -0.39 is 41.5 Å². The lowest BCUT2D eigenvalue weighted by atomic mass is 9.79. The van der Waals surface area contributed by atoms with Crippen LogP contribution in [0.5, 0.6) is 0 Å². The molecule has 59 heavy (non-hydrogen) atoms. The first-order valence-electron chi connectivity index (χ1n) is 20.8. The molecule has 4 aliphatic heterocycles. The van der Waals surface area contributed by atoms with Gasteiger partial charge in [0.2, 0.25) is 17.5 Å². The molecule has 0 bridgehead atoms. The smallest absolute Gasteiger partial charge is 0.281 e. The average Bonchev–Trinajstić information content (AvgIpc) is 3.84. The van der Waals surface area contributed by atoms with Crippen LogP contribution in [0.15, 0.2) is 53.1 Å². The number of aromatic amines is 1. The Hall–Kier alpha value is -3.59. The maximum atomic E-state index is 14.4. The predicted octanol–water partition coefficient (Wildman–Crippen LogP) is 6.49. The lowest BCUT2D eigenvalue weighted by Crippen LogP contribution is -2.71. The molecule has 7 atom stereocenters. The van der Waals surface area contributed by atoms with Gasteiger partial charge in [0.1, 0.15) is 12.1 Å². The lowest BCUT2D eigenvalue weighted by molar-refractivity contribution is -0.322. The lowest BCUT2D eigenvalue weighted by Gasteiger charge is -2.49. The number of hydrogen-bond acceptors (Lipinski definition) is 8. The number of carbonyl (C=O) groups is 4. The third kappa shape index (κ3) is 7.80. The number of nitrogens with one attached hydrogen (secondary N) is 3. The minimum Gasteiger partial charge on any atom is -0.349 e. The molecule has 3 saturated heterocycles. The van der Waals surface area contributed by atoms with Crippen molar-refractivity contribution in [3.05, 3.63) is 74.9 Å². The Morgan fingerprint density at radius 3 is 2.47 bits per heavy atom. The number of amides is 3. The first kappa shape index (κ1) is 43.5. The molecule has 318 valence electrons. The summed E-state index contributed by atoms with van der Waals surface area (Å²) in [7, 11) is 2.03. The molecule has 0 spiro atoms.